The number of nitrogens with one attached hydrogen (secondary N) is 2. The summed E-state index contributed by atoms with van der Waals surface area (Å²) in [4.78, 5) is 27.2. The van der Waals surface area contributed by atoms with E-state index in [4.69, 9.17) is 0 Å². The average Bonchev–Trinajstić information content (AvgIpc) is 2.50. The lowest BCUT2D eigenvalue weighted by Crippen LogP contribution is -2.49. The molecule has 0 atom stereocenters. The summed E-state index contributed by atoms with van der Waals surface area (Å²) in [5, 5.41) is 5.56. The number of benzene rings is 1. The van der Waals surface area contributed by atoms with E-state index in [1.165, 1.54) is 6.92 Å². The fourth-order valence-electron chi connectivity index (χ4n) is 2.36. The van der Waals surface area contributed by atoms with E-state index in [2.05, 4.69) is 22.1 Å². The lowest BCUT2D eigenvalue weighted by atomic mass is 10.2. The van der Waals surface area contributed by atoms with Gasteiger partial charge in [-0.05, 0) is 24.3 Å². The van der Waals surface area contributed by atoms with Crippen LogP contribution in [0.1, 0.15) is 6.92 Å². The van der Waals surface area contributed by atoms with Gasteiger partial charge in [0.2, 0.25) is 5.91 Å². The lowest BCUT2D eigenvalue weighted by Gasteiger charge is -2.34. The van der Waals surface area contributed by atoms with Gasteiger partial charge in [0, 0.05) is 51.0 Å². The molecule has 0 radical (unpaired) electrons. The molecule has 6 nitrogen and oxygen atoms in total. The van der Waals surface area contributed by atoms with Crippen molar-refractivity contribution >= 4 is 23.3 Å². The molecule has 0 unspecified atom stereocenters. The Labute approximate surface area is 130 Å². The summed E-state index contributed by atoms with van der Waals surface area (Å²) in [6.07, 6.45) is 1.88. The Bertz CT molecular complexity index is 534. The van der Waals surface area contributed by atoms with Gasteiger partial charge in [-0.1, -0.05) is 6.08 Å². The number of carbonyl (C=O) groups is 2. The molecule has 2 rings (SSSR count). The third kappa shape index (κ3) is 4.60. The summed E-state index contributed by atoms with van der Waals surface area (Å²) in [5.41, 5.74) is 1.43. The fourth-order valence-corrected chi connectivity index (χ4v) is 2.36. The van der Waals surface area contributed by atoms with Gasteiger partial charge in [-0.3, -0.25) is 9.69 Å². The molecule has 0 saturated carbocycles. The molecule has 1 aliphatic rings. The first kappa shape index (κ1) is 16.0. The number of anilines is 2. The molecule has 1 fully saturated rings. The van der Waals surface area contributed by atoms with Crippen LogP contribution in [0.5, 0.6) is 0 Å². The Hall–Kier alpha value is -2.34. The van der Waals surface area contributed by atoms with Gasteiger partial charge in [-0.25, -0.2) is 4.79 Å². The Morgan fingerprint density at radius 2 is 1.64 bits per heavy atom. The molecule has 2 N–H and O–H groups in total. The predicted molar refractivity (Wildman–Crippen MR) is 88.0 cm³/mol. The Kier molecular flexibility index (Phi) is 5.55. The van der Waals surface area contributed by atoms with Crippen LogP contribution in [0.4, 0.5) is 16.2 Å². The van der Waals surface area contributed by atoms with Crippen LogP contribution in [0.3, 0.4) is 0 Å². The topological polar surface area (TPSA) is 64.7 Å². The molecule has 6 heteroatoms. The van der Waals surface area contributed by atoms with Gasteiger partial charge in [0.05, 0.1) is 0 Å². The van der Waals surface area contributed by atoms with Crippen molar-refractivity contribution in [1.82, 2.24) is 9.80 Å². The maximum Gasteiger partial charge on any atom is 0.321 e. The highest BCUT2D eigenvalue weighted by molar-refractivity contribution is 5.91. The van der Waals surface area contributed by atoms with Crippen molar-refractivity contribution in [3.05, 3.63) is 36.9 Å². The van der Waals surface area contributed by atoms with Crippen LogP contribution in [0.2, 0.25) is 0 Å². The molecule has 1 saturated heterocycles. The Balaban J connectivity index is 1.84. The van der Waals surface area contributed by atoms with Gasteiger partial charge >= 0.3 is 6.03 Å². The Morgan fingerprint density at radius 3 is 2.14 bits per heavy atom. The summed E-state index contributed by atoms with van der Waals surface area (Å²) in [7, 11) is 0. The van der Waals surface area contributed by atoms with Crippen LogP contribution in [0.25, 0.3) is 0 Å². The van der Waals surface area contributed by atoms with E-state index in [0.29, 0.717) is 24.5 Å². The van der Waals surface area contributed by atoms with Gasteiger partial charge in [-0.2, -0.15) is 0 Å². The zero-order valence-corrected chi connectivity index (χ0v) is 12.8. The van der Waals surface area contributed by atoms with Crippen LogP contribution in [0, 0.1) is 0 Å². The Morgan fingerprint density at radius 1 is 1.09 bits per heavy atom. The van der Waals surface area contributed by atoms with E-state index in [9.17, 15) is 9.59 Å². The minimum Gasteiger partial charge on any atom is -0.326 e. The van der Waals surface area contributed by atoms with E-state index >= 15 is 0 Å². The molecule has 3 amide bonds. The number of amides is 3. The summed E-state index contributed by atoms with van der Waals surface area (Å²) < 4.78 is 0. The molecule has 1 aliphatic heterocycles. The van der Waals surface area contributed by atoms with Gasteiger partial charge in [-0.15, -0.1) is 6.58 Å². The summed E-state index contributed by atoms with van der Waals surface area (Å²) in [6.45, 7) is 9.20. The maximum absolute atomic E-state index is 12.2. The minimum absolute atomic E-state index is 0.0921. The molecule has 1 aromatic rings. The molecule has 0 spiro atoms. The van der Waals surface area contributed by atoms with E-state index < -0.39 is 0 Å². The number of urea groups is 1. The molecule has 0 bridgehead atoms. The molecule has 0 aromatic heterocycles. The summed E-state index contributed by atoms with van der Waals surface area (Å²) in [6, 6.07) is 6.98. The predicted octanol–water partition coefficient (Wildman–Crippen LogP) is 1.98. The van der Waals surface area contributed by atoms with Crippen molar-refractivity contribution in [2.24, 2.45) is 0 Å². The van der Waals surface area contributed by atoms with E-state index in [1.807, 2.05) is 6.08 Å². The number of hydrogen-bond donors (Lipinski definition) is 2. The average molecular weight is 302 g/mol. The van der Waals surface area contributed by atoms with Crippen molar-refractivity contribution in [3.63, 3.8) is 0 Å². The maximum atomic E-state index is 12.2. The number of nitrogens with zero attached hydrogens (tertiary/aromatic N) is 2. The lowest BCUT2D eigenvalue weighted by molar-refractivity contribution is -0.114. The number of carbonyl (C=O) groups excluding carboxylic acids is 2. The quantitative estimate of drug-likeness (QED) is 0.836. The largest absolute Gasteiger partial charge is 0.326 e. The first-order valence-electron chi connectivity index (χ1n) is 7.35. The van der Waals surface area contributed by atoms with Gasteiger partial charge < -0.3 is 15.5 Å². The molecule has 118 valence electrons. The van der Waals surface area contributed by atoms with Gasteiger partial charge in [0.1, 0.15) is 0 Å². The first-order valence-corrected chi connectivity index (χ1v) is 7.35. The highest BCUT2D eigenvalue weighted by Crippen LogP contribution is 2.14. The van der Waals surface area contributed by atoms with Crippen LogP contribution < -0.4 is 10.6 Å². The molecule has 1 heterocycles. The van der Waals surface area contributed by atoms with Crippen molar-refractivity contribution in [3.8, 4) is 0 Å². The standard InChI is InChI=1S/C16H22N4O2/c1-3-8-19-9-11-20(12-10-19)16(22)18-15-6-4-14(5-7-15)17-13(2)21/h3-7H,1,8-12H2,2H3,(H,17,21)(H,18,22). The highest BCUT2D eigenvalue weighted by Gasteiger charge is 2.20. The van der Waals surface area contributed by atoms with Crippen LogP contribution in [0.15, 0.2) is 36.9 Å². The van der Waals surface area contributed by atoms with Crippen molar-refractivity contribution in [1.29, 1.82) is 0 Å². The smallest absolute Gasteiger partial charge is 0.321 e. The zero-order valence-electron chi connectivity index (χ0n) is 12.8. The fraction of sp³-hybridized carbons (Fsp3) is 0.375. The van der Waals surface area contributed by atoms with Crippen LogP contribution in [-0.2, 0) is 4.79 Å². The number of piperazine rings is 1. The van der Waals surface area contributed by atoms with E-state index in [1.54, 1.807) is 29.2 Å². The third-order valence-corrected chi connectivity index (χ3v) is 3.50. The number of hydrogen-bond acceptors (Lipinski definition) is 3. The second kappa shape index (κ2) is 7.61. The first-order chi connectivity index (χ1) is 10.6. The third-order valence-electron chi connectivity index (χ3n) is 3.50. The SMILES string of the molecule is C=CCN1CCN(C(=O)Nc2ccc(NC(C)=O)cc2)CC1. The normalized spacial score (nSPS) is 15.2. The second-order valence-electron chi connectivity index (χ2n) is 5.27. The molecule has 0 aliphatic carbocycles. The van der Waals surface area contributed by atoms with E-state index in [0.717, 1.165) is 19.6 Å². The van der Waals surface area contributed by atoms with Crippen molar-refractivity contribution in [2.75, 3.05) is 43.4 Å². The molecule has 22 heavy (non-hydrogen) atoms. The zero-order chi connectivity index (χ0) is 15.9. The van der Waals surface area contributed by atoms with Gasteiger partial charge in [0.15, 0.2) is 0 Å². The van der Waals surface area contributed by atoms with Gasteiger partial charge in [0.25, 0.3) is 0 Å². The summed E-state index contributed by atoms with van der Waals surface area (Å²) in [5.74, 6) is -0.116. The summed E-state index contributed by atoms with van der Waals surface area (Å²) >= 11 is 0. The number of rotatable bonds is 4. The van der Waals surface area contributed by atoms with E-state index in [-0.39, 0.29) is 11.9 Å². The molecular formula is C16H22N4O2. The van der Waals surface area contributed by atoms with Crippen LogP contribution >= 0.6 is 0 Å². The van der Waals surface area contributed by atoms with Crippen LogP contribution in [-0.4, -0.2) is 54.5 Å². The highest BCUT2D eigenvalue weighted by atomic mass is 16.2. The minimum atomic E-state index is -0.116. The molecule has 1 aromatic carbocycles. The van der Waals surface area contributed by atoms with Crippen molar-refractivity contribution < 1.29 is 9.59 Å². The van der Waals surface area contributed by atoms with Crippen molar-refractivity contribution in [2.45, 2.75) is 6.92 Å². The monoisotopic (exact) mass is 302 g/mol. The molecular weight excluding hydrogens is 280 g/mol. The second-order valence-corrected chi connectivity index (χ2v) is 5.27.